The van der Waals surface area contributed by atoms with E-state index in [0.29, 0.717) is 12.6 Å². The molecule has 0 fully saturated rings. The highest BCUT2D eigenvalue weighted by Crippen LogP contribution is 2.34. The Balaban J connectivity index is 3.18. The van der Waals surface area contributed by atoms with E-state index in [1.807, 2.05) is 13.8 Å². The molecule has 0 saturated heterocycles. The summed E-state index contributed by atoms with van der Waals surface area (Å²) in [5.41, 5.74) is -5.70. The van der Waals surface area contributed by atoms with Crippen LogP contribution in [0.2, 0.25) is 0 Å². The third-order valence-electron chi connectivity index (χ3n) is 3.27. The molecule has 0 bridgehead atoms. The molecule has 21 heavy (non-hydrogen) atoms. The van der Waals surface area contributed by atoms with Crippen molar-refractivity contribution < 1.29 is 26.0 Å². The number of benzene rings is 1. The van der Waals surface area contributed by atoms with Gasteiger partial charge < -0.3 is 5.32 Å². The normalized spacial score (nSPS) is 12.7. The molecule has 0 unspecified atom stereocenters. The van der Waals surface area contributed by atoms with E-state index in [0.717, 1.165) is 25.0 Å². The fourth-order valence-corrected chi connectivity index (χ4v) is 2.77. The third-order valence-corrected chi connectivity index (χ3v) is 4.80. The Morgan fingerprint density at radius 2 is 1.76 bits per heavy atom. The Morgan fingerprint density at radius 3 is 2.24 bits per heavy atom. The minimum Gasteiger partial charge on any atom is -0.384 e. The lowest BCUT2D eigenvalue weighted by Crippen LogP contribution is -2.25. The smallest absolute Gasteiger partial charge is 0.384 e. The highest BCUT2D eigenvalue weighted by atomic mass is 32.2. The maximum absolute atomic E-state index is 13.1. The van der Waals surface area contributed by atoms with Crippen molar-refractivity contribution in [2.45, 2.75) is 37.1 Å². The second-order valence-electron chi connectivity index (χ2n) is 4.65. The quantitative estimate of drug-likeness (QED) is 0.804. The van der Waals surface area contributed by atoms with Gasteiger partial charge >= 0.3 is 5.51 Å². The Kier molecular flexibility index (Phi) is 5.61. The summed E-state index contributed by atoms with van der Waals surface area (Å²) in [6.07, 6.45) is 1.60. The van der Waals surface area contributed by atoms with E-state index in [4.69, 9.17) is 0 Å². The van der Waals surface area contributed by atoms with E-state index >= 15 is 0 Å². The molecule has 0 aliphatic heterocycles. The molecule has 0 amide bonds. The Bertz CT molecular complexity index is 580. The van der Waals surface area contributed by atoms with Gasteiger partial charge in [0.05, 0.1) is 5.69 Å². The zero-order valence-corrected chi connectivity index (χ0v) is 12.5. The lowest BCUT2D eigenvalue weighted by atomic mass is 10.0. The van der Waals surface area contributed by atoms with Crippen molar-refractivity contribution in [3.05, 3.63) is 24.0 Å². The zero-order chi connectivity index (χ0) is 16.3. The van der Waals surface area contributed by atoms with Crippen molar-refractivity contribution in [2.75, 3.05) is 11.9 Å². The van der Waals surface area contributed by atoms with Gasteiger partial charge in [0.2, 0.25) is 0 Å². The molecule has 1 aromatic rings. The van der Waals surface area contributed by atoms with Crippen molar-refractivity contribution >= 4 is 15.5 Å². The summed E-state index contributed by atoms with van der Waals surface area (Å²) in [5, 5.41) is 2.67. The van der Waals surface area contributed by atoms with Gasteiger partial charge in [-0.15, -0.1) is 0 Å². The SMILES string of the molecule is CCC(CC)CNc1ccc(F)cc1S(=O)(=O)C(F)(F)F. The fraction of sp³-hybridized carbons (Fsp3) is 0.538. The van der Waals surface area contributed by atoms with Crippen LogP contribution in [-0.2, 0) is 9.84 Å². The van der Waals surface area contributed by atoms with Gasteiger partial charge in [0.25, 0.3) is 9.84 Å². The average Bonchev–Trinajstić information content (AvgIpc) is 2.39. The molecule has 0 aromatic heterocycles. The van der Waals surface area contributed by atoms with Crippen LogP contribution in [0.25, 0.3) is 0 Å². The molecule has 1 rings (SSSR count). The summed E-state index contributed by atoms with van der Waals surface area (Å²) in [7, 11) is -5.59. The molecule has 0 aliphatic carbocycles. The maximum Gasteiger partial charge on any atom is 0.501 e. The molecule has 1 aromatic carbocycles. The highest BCUT2D eigenvalue weighted by Gasteiger charge is 2.48. The second kappa shape index (κ2) is 6.64. The van der Waals surface area contributed by atoms with Gasteiger partial charge in [-0.2, -0.15) is 13.2 Å². The molecule has 0 radical (unpaired) electrons. The van der Waals surface area contributed by atoms with Gasteiger partial charge in [-0.25, -0.2) is 12.8 Å². The average molecular weight is 327 g/mol. The number of sulfone groups is 1. The van der Waals surface area contributed by atoms with Crippen LogP contribution < -0.4 is 5.32 Å². The van der Waals surface area contributed by atoms with Crippen LogP contribution in [0, 0.1) is 11.7 Å². The second-order valence-corrected chi connectivity index (χ2v) is 6.56. The van der Waals surface area contributed by atoms with Crippen LogP contribution in [0.3, 0.4) is 0 Å². The molecule has 1 N–H and O–H groups in total. The van der Waals surface area contributed by atoms with Crippen LogP contribution in [0.5, 0.6) is 0 Å². The summed E-state index contributed by atoms with van der Waals surface area (Å²) in [6, 6.07) is 2.32. The number of alkyl halides is 3. The van der Waals surface area contributed by atoms with Gasteiger partial charge in [-0.1, -0.05) is 26.7 Å². The van der Waals surface area contributed by atoms with Crippen molar-refractivity contribution in [2.24, 2.45) is 5.92 Å². The van der Waals surface area contributed by atoms with E-state index in [1.165, 1.54) is 0 Å². The fourth-order valence-electron chi connectivity index (χ4n) is 1.82. The minimum absolute atomic E-state index is 0.191. The van der Waals surface area contributed by atoms with Crippen LogP contribution in [-0.4, -0.2) is 20.5 Å². The Morgan fingerprint density at radius 1 is 1.19 bits per heavy atom. The van der Waals surface area contributed by atoms with Crippen LogP contribution in [0.1, 0.15) is 26.7 Å². The minimum atomic E-state index is -5.59. The largest absolute Gasteiger partial charge is 0.501 e. The standard InChI is InChI=1S/C13H17F4NO2S/c1-3-9(4-2)8-18-11-6-5-10(14)7-12(11)21(19,20)13(15,16)17/h5-7,9,18H,3-4,8H2,1-2H3. The summed E-state index contributed by atoms with van der Waals surface area (Å²) in [6.45, 7) is 4.17. The molecule has 0 heterocycles. The number of hydrogen-bond acceptors (Lipinski definition) is 3. The lowest BCUT2D eigenvalue weighted by molar-refractivity contribution is -0.0435. The summed E-state index contributed by atoms with van der Waals surface area (Å²) < 4.78 is 74.0. The van der Waals surface area contributed by atoms with E-state index in [1.54, 1.807) is 0 Å². The zero-order valence-electron chi connectivity index (χ0n) is 11.7. The number of anilines is 1. The first-order chi connectivity index (χ1) is 9.63. The molecule has 120 valence electrons. The van der Waals surface area contributed by atoms with Crippen molar-refractivity contribution in [3.63, 3.8) is 0 Å². The molecule has 3 nitrogen and oxygen atoms in total. The third kappa shape index (κ3) is 4.09. The first-order valence-electron chi connectivity index (χ1n) is 6.48. The van der Waals surface area contributed by atoms with Gasteiger partial charge in [-0.05, 0) is 24.1 Å². The van der Waals surface area contributed by atoms with E-state index in [9.17, 15) is 26.0 Å². The Labute approximate surface area is 121 Å². The van der Waals surface area contributed by atoms with Crippen molar-refractivity contribution in [3.8, 4) is 0 Å². The van der Waals surface area contributed by atoms with Gasteiger partial charge in [-0.3, -0.25) is 0 Å². The number of hydrogen-bond donors (Lipinski definition) is 1. The summed E-state index contributed by atoms with van der Waals surface area (Å²) >= 11 is 0. The number of nitrogens with one attached hydrogen (secondary N) is 1. The highest BCUT2D eigenvalue weighted by molar-refractivity contribution is 7.92. The molecule has 0 saturated carbocycles. The molecule has 0 aliphatic rings. The van der Waals surface area contributed by atoms with Crippen LogP contribution >= 0.6 is 0 Å². The van der Waals surface area contributed by atoms with E-state index in [-0.39, 0.29) is 11.6 Å². The molecular formula is C13H17F4NO2S. The predicted molar refractivity (Wildman–Crippen MR) is 72.2 cm³/mol. The van der Waals surface area contributed by atoms with Gasteiger partial charge in [0.1, 0.15) is 10.7 Å². The molecule has 0 spiro atoms. The maximum atomic E-state index is 13.1. The molecule has 8 heteroatoms. The van der Waals surface area contributed by atoms with Crippen LogP contribution in [0.4, 0.5) is 23.2 Å². The first kappa shape index (κ1) is 17.7. The summed E-state index contributed by atoms with van der Waals surface area (Å²) in [5.74, 6) is -0.845. The predicted octanol–water partition coefficient (Wildman–Crippen LogP) is 3.97. The molecular weight excluding hydrogens is 310 g/mol. The van der Waals surface area contributed by atoms with Gasteiger partial charge in [0.15, 0.2) is 0 Å². The van der Waals surface area contributed by atoms with Crippen molar-refractivity contribution in [1.82, 2.24) is 0 Å². The summed E-state index contributed by atoms with van der Waals surface area (Å²) in [4.78, 5) is -1.08. The van der Waals surface area contributed by atoms with Gasteiger partial charge in [0, 0.05) is 6.54 Å². The van der Waals surface area contributed by atoms with Crippen LogP contribution in [0.15, 0.2) is 23.1 Å². The Hall–Kier alpha value is -1.31. The number of rotatable bonds is 6. The van der Waals surface area contributed by atoms with E-state index < -0.39 is 26.1 Å². The first-order valence-corrected chi connectivity index (χ1v) is 7.96. The monoisotopic (exact) mass is 327 g/mol. The van der Waals surface area contributed by atoms with E-state index in [2.05, 4.69) is 5.32 Å². The lowest BCUT2D eigenvalue weighted by Gasteiger charge is -2.17. The number of halogens is 4. The topological polar surface area (TPSA) is 46.2 Å². The van der Waals surface area contributed by atoms with Crippen molar-refractivity contribution in [1.29, 1.82) is 0 Å². The molecule has 0 atom stereocenters.